The summed E-state index contributed by atoms with van der Waals surface area (Å²) in [6.45, 7) is 3.20. The molecule has 1 heterocycles. The first-order valence-corrected chi connectivity index (χ1v) is 5.61. The van der Waals surface area contributed by atoms with E-state index in [1.165, 1.54) is 30.6 Å². The van der Waals surface area contributed by atoms with Gasteiger partial charge >= 0.3 is 0 Å². The molecule has 1 unspecified atom stereocenters. The molecule has 1 aromatic heterocycles. The van der Waals surface area contributed by atoms with E-state index < -0.39 is 0 Å². The van der Waals surface area contributed by atoms with Crippen molar-refractivity contribution >= 4 is 0 Å². The maximum atomic E-state index is 5.88. The zero-order chi connectivity index (χ0) is 9.97. The third-order valence-corrected chi connectivity index (χ3v) is 3.06. The van der Waals surface area contributed by atoms with E-state index in [0.717, 1.165) is 18.7 Å². The summed E-state index contributed by atoms with van der Waals surface area (Å²) in [7, 11) is 2.01. The standard InChI is InChI=1S/C12H19NO/c1-3-11-7-9-5-4-6-10(8-13-2)12(9)14-11/h7,10,13H,3-6,8H2,1-2H3. The molecule has 0 bridgehead atoms. The highest BCUT2D eigenvalue weighted by molar-refractivity contribution is 5.27. The Balaban J connectivity index is 2.24. The van der Waals surface area contributed by atoms with E-state index >= 15 is 0 Å². The van der Waals surface area contributed by atoms with Gasteiger partial charge in [0, 0.05) is 18.9 Å². The number of hydrogen-bond acceptors (Lipinski definition) is 2. The highest BCUT2D eigenvalue weighted by atomic mass is 16.3. The van der Waals surface area contributed by atoms with E-state index in [1.54, 1.807) is 0 Å². The molecule has 1 aliphatic carbocycles. The lowest BCUT2D eigenvalue weighted by atomic mass is 9.88. The molecule has 0 fully saturated rings. The molecular weight excluding hydrogens is 174 g/mol. The molecule has 1 N–H and O–H groups in total. The number of nitrogens with one attached hydrogen (secondary N) is 1. The van der Waals surface area contributed by atoms with Gasteiger partial charge < -0.3 is 9.73 Å². The van der Waals surface area contributed by atoms with Crippen molar-refractivity contribution in [2.45, 2.75) is 38.5 Å². The fourth-order valence-corrected chi connectivity index (χ4v) is 2.33. The van der Waals surface area contributed by atoms with E-state index in [4.69, 9.17) is 4.42 Å². The van der Waals surface area contributed by atoms with E-state index in [2.05, 4.69) is 18.3 Å². The predicted octanol–water partition coefficient (Wildman–Crippen LogP) is 2.48. The van der Waals surface area contributed by atoms with Crippen molar-refractivity contribution in [1.82, 2.24) is 5.32 Å². The molecule has 0 spiro atoms. The van der Waals surface area contributed by atoms with Crippen LogP contribution >= 0.6 is 0 Å². The first-order valence-electron chi connectivity index (χ1n) is 5.61. The highest BCUT2D eigenvalue weighted by Crippen LogP contribution is 2.33. The fourth-order valence-electron chi connectivity index (χ4n) is 2.33. The molecule has 2 heteroatoms. The number of rotatable bonds is 3. The Kier molecular flexibility index (Phi) is 2.92. The second-order valence-electron chi connectivity index (χ2n) is 4.10. The number of aryl methyl sites for hydroxylation is 2. The average Bonchev–Trinajstić information content (AvgIpc) is 2.62. The summed E-state index contributed by atoms with van der Waals surface area (Å²) >= 11 is 0. The Morgan fingerprint density at radius 3 is 3.14 bits per heavy atom. The van der Waals surface area contributed by atoms with Gasteiger partial charge in [-0.15, -0.1) is 0 Å². The van der Waals surface area contributed by atoms with Gasteiger partial charge in [0.25, 0.3) is 0 Å². The highest BCUT2D eigenvalue weighted by Gasteiger charge is 2.23. The minimum absolute atomic E-state index is 0.601. The van der Waals surface area contributed by atoms with Crippen LogP contribution in [0.3, 0.4) is 0 Å². The van der Waals surface area contributed by atoms with Gasteiger partial charge in [0.2, 0.25) is 0 Å². The van der Waals surface area contributed by atoms with Crippen molar-refractivity contribution in [2.75, 3.05) is 13.6 Å². The molecule has 14 heavy (non-hydrogen) atoms. The smallest absolute Gasteiger partial charge is 0.111 e. The van der Waals surface area contributed by atoms with Gasteiger partial charge in [-0.3, -0.25) is 0 Å². The maximum absolute atomic E-state index is 5.88. The minimum Gasteiger partial charge on any atom is -0.465 e. The van der Waals surface area contributed by atoms with Gasteiger partial charge in [0.1, 0.15) is 11.5 Å². The number of furan rings is 1. The molecule has 0 radical (unpaired) electrons. The summed E-state index contributed by atoms with van der Waals surface area (Å²) in [5.74, 6) is 3.00. The van der Waals surface area contributed by atoms with Gasteiger partial charge in [-0.2, -0.15) is 0 Å². The summed E-state index contributed by atoms with van der Waals surface area (Å²) in [5.41, 5.74) is 1.45. The topological polar surface area (TPSA) is 25.2 Å². The van der Waals surface area contributed by atoms with Gasteiger partial charge in [-0.05, 0) is 37.9 Å². The summed E-state index contributed by atoms with van der Waals surface area (Å²) < 4.78 is 5.88. The molecule has 0 aliphatic heterocycles. The molecular formula is C12H19NO. The van der Waals surface area contributed by atoms with Crippen molar-refractivity contribution in [3.05, 3.63) is 23.2 Å². The lowest BCUT2D eigenvalue weighted by Crippen LogP contribution is -2.20. The molecule has 0 saturated carbocycles. The summed E-state index contributed by atoms with van der Waals surface area (Å²) in [6, 6.07) is 2.25. The largest absolute Gasteiger partial charge is 0.465 e. The maximum Gasteiger partial charge on any atom is 0.111 e. The molecule has 1 aromatic rings. The second kappa shape index (κ2) is 4.18. The van der Waals surface area contributed by atoms with Gasteiger partial charge in [0.05, 0.1) is 0 Å². The van der Waals surface area contributed by atoms with Crippen LogP contribution in [0, 0.1) is 0 Å². The first-order chi connectivity index (χ1) is 6.85. The van der Waals surface area contributed by atoms with Gasteiger partial charge in [-0.1, -0.05) is 6.92 Å². The van der Waals surface area contributed by atoms with Crippen LogP contribution in [0.5, 0.6) is 0 Å². The Bertz CT molecular complexity index is 303. The molecule has 1 aliphatic rings. The Morgan fingerprint density at radius 2 is 2.43 bits per heavy atom. The van der Waals surface area contributed by atoms with Crippen LogP contribution in [-0.2, 0) is 12.8 Å². The van der Waals surface area contributed by atoms with Crippen molar-refractivity contribution < 1.29 is 4.42 Å². The normalized spacial score (nSPS) is 20.9. The van der Waals surface area contributed by atoms with Crippen LogP contribution in [0.4, 0.5) is 0 Å². The van der Waals surface area contributed by atoms with E-state index in [9.17, 15) is 0 Å². The molecule has 2 rings (SSSR count). The summed E-state index contributed by atoms with van der Waals surface area (Å²) in [6.07, 6.45) is 4.80. The van der Waals surface area contributed by atoms with Crippen LogP contribution in [0.2, 0.25) is 0 Å². The fraction of sp³-hybridized carbons (Fsp3) is 0.667. The molecule has 2 nitrogen and oxygen atoms in total. The van der Waals surface area contributed by atoms with Crippen LogP contribution in [0.15, 0.2) is 10.5 Å². The summed E-state index contributed by atoms with van der Waals surface area (Å²) in [4.78, 5) is 0. The number of fused-ring (bicyclic) bond motifs is 1. The Labute approximate surface area is 85.7 Å². The van der Waals surface area contributed by atoms with Crippen LogP contribution in [0.25, 0.3) is 0 Å². The van der Waals surface area contributed by atoms with Crippen LogP contribution in [-0.4, -0.2) is 13.6 Å². The SMILES string of the molecule is CCc1cc2c(o1)C(CNC)CCC2. The lowest BCUT2D eigenvalue weighted by molar-refractivity contribution is 0.391. The van der Waals surface area contributed by atoms with E-state index in [1.807, 2.05) is 7.05 Å². The zero-order valence-electron chi connectivity index (χ0n) is 9.10. The first kappa shape index (κ1) is 9.78. The molecule has 0 saturated heterocycles. The third-order valence-electron chi connectivity index (χ3n) is 3.06. The molecule has 78 valence electrons. The predicted molar refractivity (Wildman–Crippen MR) is 57.7 cm³/mol. The summed E-state index contributed by atoms with van der Waals surface area (Å²) in [5, 5.41) is 3.25. The van der Waals surface area contributed by atoms with Crippen molar-refractivity contribution in [3.8, 4) is 0 Å². The minimum atomic E-state index is 0.601. The molecule has 1 atom stereocenters. The van der Waals surface area contributed by atoms with Gasteiger partial charge in [0.15, 0.2) is 0 Å². The third kappa shape index (κ3) is 1.71. The van der Waals surface area contributed by atoms with Gasteiger partial charge in [-0.25, -0.2) is 0 Å². The van der Waals surface area contributed by atoms with Crippen molar-refractivity contribution in [2.24, 2.45) is 0 Å². The average molecular weight is 193 g/mol. The number of likely N-dealkylation sites (N-methyl/N-ethyl adjacent to an activating group) is 1. The second-order valence-corrected chi connectivity index (χ2v) is 4.10. The van der Waals surface area contributed by atoms with E-state index in [0.29, 0.717) is 5.92 Å². The quantitative estimate of drug-likeness (QED) is 0.797. The van der Waals surface area contributed by atoms with Crippen molar-refractivity contribution in [1.29, 1.82) is 0 Å². The van der Waals surface area contributed by atoms with Crippen LogP contribution in [0.1, 0.15) is 42.8 Å². The number of hydrogen-bond donors (Lipinski definition) is 1. The Morgan fingerprint density at radius 1 is 1.57 bits per heavy atom. The van der Waals surface area contributed by atoms with E-state index in [-0.39, 0.29) is 0 Å². The molecule has 0 aromatic carbocycles. The Hall–Kier alpha value is -0.760. The molecule has 0 amide bonds. The monoisotopic (exact) mass is 193 g/mol. The van der Waals surface area contributed by atoms with Crippen molar-refractivity contribution in [3.63, 3.8) is 0 Å². The zero-order valence-corrected chi connectivity index (χ0v) is 9.10. The lowest BCUT2D eigenvalue weighted by Gasteiger charge is -2.20. The van der Waals surface area contributed by atoms with Crippen LogP contribution < -0.4 is 5.32 Å².